The summed E-state index contributed by atoms with van der Waals surface area (Å²) in [6.45, 7) is 4.80. The second kappa shape index (κ2) is 8.34. The molecule has 0 saturated carbocycles. The van der Waals surface area contributed by atoms with Gasteiger partial charge in [-0.15, -0.1) is 0 Å². The van der Waals surface area contributed by atoms with Crippen molar-refractivity contribution >= 4 is 16.1 Å². The zero-order valence-corrected chi connectivity index (χ0v) is 19.0. The highest BCUT2D eigenvalue weighted by molar-refractivity contribution is 7.90. The highest BCUT2D eigenvalue weighted by atomic mass is 32.2. The molecule has 0 radical (unpaired) electrons. The summed E-state index contributed by atoms with van der Waals surface area (Å²) < 4.78 is 63.2. The number of amides is 1. The lowest BCUT2D eigenvalue weighted by molar-refractivity contribution is 0.0753. The Bertz CT molecular complexity index is 1260. The van der Waals surface area contributed by atoms with Crippen molar-refractivity contribution in [3.8, 4) is 11.3 Å². The predicted octanol–water partition coefficient (Wildman–Crippen LogP) is 3.17. The number of nitrogens with zero attached hydrogens (tertiary/aromatic N) is 5. The second-order valence-corrected chi connectivity index (χ2v) is 9.91. The molecule has 0 spiro atoms. The summed E-state index contributed by atoms with van der Waals surface area (Å²) in [6, 6.07) is 2.56. The van der Waals surface area contributed by atoms with E-state index in [-0.39, 0.29) is 16.0 Å². The molecule has 32 heavy (non-hydrogen) atoms. The van der Waals surface area contributed by atoms with Crippen molar-refractivity contribution in [2.24, 2.45) is 7.05 Å². The van der Waals surface area contributed by atoms with Crippen molar-refractivity contribution in [3.63, 3.8) is 0 Å². The summed E-state index contributed by atoms with van der Waals surface area (Å²) in [7, 11) is -1.30. The van der Waals surface area contributed by atoms with E-state index in [2.05, 4.69) is 10.1 Å². The van der Waals surface area contributed by atoms with Gasteiger partial charge in [-0.05, 0) is 32.9 Å². The van der Waals surface area contributed by atoms with Crippen molar-refractivity contribution in [2.45, 2.75) is 37.8 Å². The standard InChI is InChI=1S/C20H23F2N5O4S/c1-20(2,3)26(5)19(28)31-12-13-10-27(32(29,30)14-9-24-25(4)11-14)17(16(13)21)15-7-6-8-23-18(15)22/h6-11H,12H2,1-5H3. The first-order valence-electron chi connectivity index (χ1n) is 9.49. The Morgan fingerprint density at radius 2 is 1.94 bits per heavy atom. The first kappa shape index (κ1) is 23.4. The Balaban J connectivity index is 2.09. The summed E-state index contributed by atoms with van der Waals surface area (Å²) in [5.74, 6) is -2.10. The molecule has 3 heterocycles. The topological polar surface area (TPSA) is 99.3 Å². The van der Waals surface area contributed by atoms with Gasteiger partial charge >= 0.3 is 6.09 Å². The molecular formula is C20H23F2N5O4S. The zero-order valence-electron chi connectivity index (χ0n) is 18.2. The van der Waals surface area contributed by atoms with E-state index < -0.39 is 45.7 Å². The van der Waals surface area contributed by atoms with Crippen molar-refractivity contribution in [1.29, 1.82) is 0 Å². The van der Waals surface area contributed by atoms with Gasteiger partial charge in [0.05, 0.1) is 11.8 Å². The maximum Gasteiger partial charge on any atom is 0.410 e. The van der Waals surface area contributed by atoms with E-state index in [9.17, 15) is 17.6 Å². The number of hydrogen-bond acceptors (Lipinski definition) is 6. The molecule has 0 bridgehead atoms. The Morgan fingerprint density at radius 3 is 2.50 bits per heavy atom. The van der Waals surface area contributed by atoms with Crippen LogP contribution in [0.15, 0.2) is 41.8 Å². The lowest BCUT2D eigenvalue weighted by Gasteiger charge is -2.30. The lowest BCUT2D eigenvalue weighted by Crippen LogP contribution is -2.42. The SMILES string of the molecule is CN(C(=O)OCc1cn(S(=O)(=O)c2cnn(C)c2)c(-c2cccnc2F)c1F)C(C)(C)C. The molecule has 0 saturated heterocycles. The molecule has 0 aromatic carbocycles. The van der Waals surface area contributed by atoms with E-state index in [0.717, 1.165) is 18.6 Å². The predicted molar refractivity (Wildman–Crippen MR) is 111 cm³/mol. The molecule has 3 aromatic rings. The highest BCUT2D eigenvalue weighted by Crippen LogP contribution is 2.32. The molecule has 12 heteroatoms. The van der Waals surface area contributed by atoms with E-state index in [4.69, 9.17) is 4.74 Å². The molecule has 3 aromatic heterocycles. The van der Waals surface area contributed by atoms with Crippen molar-refractivity contribution in [1.82, 2.24) is 23.6 Å². The van der Waals surface area contributed by atoms with Crippen LogP contribution in [0.5, 0.6) is 0 Å². The summed E-state index contributed by atoms with van der Waals surface area (Å²) >= 11 is 0. The minimum absolute atomic E-state index is 0.225. The molecule has 172 valence electrons. The Labute approximate surface area is 184 Å². The number of ether oxygens (including phenoxy) is 1. The van der Waals surface area contributed by atoms with E-state index in [1.807, 2.05) is 0 Å². The first-order valence-corrected chi connectivity index (χ1v) is 10.9. The molecule has 0 aliphatic rings. The third kappa shape index (κ3) is 4.35. The summed E-state index contributed by atoms with van der Waals surface area (Å²) in [5.41, 5.74) is -1.71. The molecule has 9 nitrogen and oxygen atoms in total. The Morgan fingerprint density at radius 1 is 1.25 bits per heavy atom. The molecule has 0 fully saturated rings. The minimum Gasteiger partial charge on any atom is -0.444 e. The van der Waals surface area contributed by atoms with E-state index >= 15 is 4.39 Å². The average Bonchev–Trinajstić information content (AvgIpc) is 3.29. The molecule has 3 rings (SSSR count). The monoisotopic (exact) mass is 467 g/mol. The van der Waals surface area contributed by atoms with Crippen LogP contribution >= 0.6 is 0 Å². The lowest BCUT2D eigenvalue weighted by atomic mass is 10.1. The number of carbonyl (C=O) groups is 1. The van der Waals surface area contributed by atoms with Gasteiger partial charge in [0.25, 0.3) is 10.0 Å². The van der Waals surface area contributed by atoms with Gasteiger partial charge < -0.3 is 9.64 Å². The molecule has 1 amide bonds. The van der Waals surface area contributed by atoms with E-state index in [1.165, 1.54) is 42.0 Å². The quantitative estimate of drug-likeness (QED) is 0.535. The van der Waals surface area contributed by atoms with Gasteiger partial charge in [0, 0.05) is 43.8 Å². The molecule has 0 aliphatic carbocycles. The number of hydrogen-bond donors (Lipinski definition) is 0. The van der Waals surface area contributed by atoms with Crippen molar-refractivity contribution in [3.05, 3.63) is 54.2 Å². The summed E-state index contributed by atoms with van der Waals surface area (Å²) in [4.78, 5) is 16.9. The fraction of sp³-hybridized carbons (Fsp3) is 0.350. The largest absolute Gasteiger partial charge is 0.444 e. The smallest absolute Gasteiger partial charge is 0.410 e. The van der Waals surface area contributed by atoms with Crippen LogP contribution in [0, 0.1) is 11.8 Å². The molecule has 0 aliphatic heterocycles. The van der Waals surface area contributed by atoms with Crippen LogP contribution < -0.4 is 0 Å². The third-order valence-corrected chi connectivity index (χ3v) is 6.48. The van der Waals surface area contributed by atoms with Gasteiger partial charge in [0.2, 0.25) is 5.95 Å². The maximum absolute atomic E-state index is 15.4. The minimum atomic E-state index is -4.35. The normalized spacial score (nSPS) is 12.1. The summed E-state index contributed by atoms with van der Waals surface area (Å²) in [5, 5.41) is 3.83. The number of pyridine rings is 1. The number of aromatic nitrogens is 4. The van der Waals surface area contributed by atoms with Gasteiger partial charge in [-0.25, -0.2) is 26.6 Å². The summed E-state index contributed by atoms with van der Waals surface area (Å²) in [6.07, 6.45) is 3.71. The van der Waals surface area contributed by atoms with Crippen LogP contribution in [-0.4, -0.2) is 50.7 Å². The Kier molecular flexibility index (Phi) is 6.09. The molecule has 0 atom stereocenters. The highest BCUT2D eigenvalue weighted by Gasteiger charge is 2.30. The van der Waals surface area contributed by atoms with E-state index in [0.29, 0.717) is 3.97 Å². The number of halogens is 2. The first-order chi connectivity index (χ1) is 14.8. The number of aryl methyl sites for hydroxylation is 1. The van der Waals surface area contributed by atoms with Crippen molar-refractivity contribution < 1.29 is 26.7 Å². The number of rotatable bonds is 5. The van der Waals surface area contributed by atoms with E-state index in [1.54, 1.807) is 20.8 Å². The fourth-order valence-corrected chi connectivity index (χ4v) is 4.14. The van der Waals surface area contributed by atoms with Gasteiger partial charge in [0.1, 0.15) is 17.2 Å². The van der Waals surface area contributed by atoms with Crippen LogP contribution in [0.25, 0.3) is 11.3 Å². The van der Waals surface area contributed by atoms with Crippen LogP contribution in [0.2, 0.25) is 0 Å². The molecule has 0 N–H and O–H groups in total. The van der Waals surface area contributed by atoms with Crippen LogP contribution in [0.1, 0.15) is 26.3 Å². The van der Waals surface area contributed by atoms with Gasteiger partial charge in [-0.1, -0.05) is 0 Å². The fourth-order valence-electron chi connectivity index (χ4n) is 2.76. The maximum atomic E-state index is 15.4. The van der Waals surface area contributed by atoms with Gasteiger partial charge in [-0.3, -0.25) is 4.68 Å². The van der Waals surface area contributed by atoms with Crippen molar-refractivity contribution in [2.75, 3.05) is 7.05 Å². The average molecular weight is 467 g/mol. The molecular weight excluding hydrogens is 444 g/mol. The Hall–Kier alpha value is -3.28. The number of carbonyl (C=O) groups excluding carboxylic acids is 1. The van der Waals surface area contributed by atoms with Crippen LogP contribution in [0.4, 0.5) is 13.6 Å². The molecule has 0 unspecified atom stereocenters. The van der Waals surface area contributed by atoms with Crippen LogP contribution in [-0.2, 0) is 28.4 Å². The van der Waals surface area contributed by atoms with Gasteiger partial charge in [0.15, 0.2) is 5.82 Å². The van der Waals surface area contributed by atoms with Gasteiger partial charge in [-0.2, -0.15) is 9.49 Å². The van der Waals surface area contributed by atoms with Crippen LogP contribution in [0.3, 0.4) is 0 Å². The zero-order chi connectivity index (χ0) is 23.8. The third-order valence-electron chi connectivity index (χ3n) is 4.87. The second-order valence-electron chi connectivity index (χ2n) is 8.09.